The summed E-state index contributed by atoms with van der Waals surface area (Å²) in [6, 6.07) is 0.761. The van der Waals surface area contributed by atoms with Crippen molar-refractivity contribution < 1.29 is 8.42 Å². The van der Waals surface area contributed by atoms with Crippen LogP contribution in [0.15, 0.2) is 12.5 Å². The van der Waals surface area contributed by atoms with E-state index >= 15 is 0 Å². The van der Waals surface area contributed by atoms with Gasteiger partial charge in [0, 0.05) is 31.4 Å². The number of sulfonamides is 1. The zero-order valence-electron chi connectivity index (χ0n) is 15.4. The fourth-order valence-electron chi connectivity index (χ4n) is 4.10. The Labute approximate surface area is 159 Å². The average molecular weight is 388 g/mol. The Bertz CT molecular complexity index is 974. The molecule has 27 heavy (non-hydrogen) atoms. The topological polar surface area (TPSA) is 93.0 Å². The van der Waals surface area contributed by atoms with Crippen molar-refractivity contribution in [2.75, 3.05) is 24.7 Å². The van der Waals surface area contributed by atoms with E-state index in [9.17, 15) is 8.42 Å². The van der Waals surface area contributed by atoms with Crippen molar-refractivity contribution >= 4 is 16.0 Å². The van der Waals surface area contributed by atoms with Gasteiger partial charge in [0.25, 0.3) is 0 Å². The molecule has 1 saturated carbocycles. The van der Waals surface area contributed by atoms with Crippen LogP contribution in [0.25, 0.3) is 11.4 Å². The molecule has 8 nitrogen and oxygen atoms in total. The van der Waals surface area contributed by atoms with E-state index in [0.29, 0.717) is 25.1 Å². The van der Waals surface area contributed by atoms with Crippen LogP contribution in [0, 0.1) is 0 Å². The SMILES string of the molecule is CS(=O)(=O)N1CCC(Nc2ncc3c(n2)-c2c(ncn2C2CC2)CC3)CC1. The number of piperidine rings is 1. The molecule has 1 N–H and O–H groups in total. The van der Waals surface area contributed by atoms with Gasteiger partial charge in [-0.05, 0) is 44.1 Å². The summed E-state index contributed by atoms with van der Waals surface area (Å²) >= 11 is 0. The Hall–Kier alpha value is -2.00. The molecule has 0 atom stereocenters. The molecule has 3 heterocycles. The van der Waals surface area contributed by atoms with Crippen LogP contribution in [0.3, 0.4) is 0 Å². The van der Waals surface area contributed by atoms with Gasteiger partial charge in [0.15, 0.2) is 0 Å². The maximum Gasteiger partial charge on any atom is 0.223 e. The number of aromatic nitrogens is 4. The molecule has 0 unspecified atom stereocenters. The van der Waals surface area contributed by atoms with E-state index < -0.39 is 10.0 Å². The fraction of sp³-hybridized carbons (Fsp3) is 0.611. The maximum atomic E-state index is 11.7. The number of hydrogen-bond acceptors (Lipinski definition) is 6. The summed E-state index contributed by atoms with van der Waals surface area (Å²) in [4.78, 5) is 14.0. The predicted molar refractivity (Wildman–Crippen MR) is 102 cm³/mol. The third-order valence-electron chi connectivity index (χ3n) is 5.79. The van der Waals surface area contributed by atoms with Crippen LogP contribution >= 0.6 is 0 Å². The van der Waals surface area contributed by atoms with Crippen molar-refractivity contribution in [1.29, 1.82) is 0 Å². The van der Waals surface area contributed by atoms with Crippen molar-refractivity contribution in [3.63, 3.8) is 0 Å². The van der Waals surface area contributed by atoms with Gasteiger partial charge in [-0.15, -0.1) is 0 Å². The normalized spacial score (nSPS) is 20.9. The molecule has 1 saturated heterocycles. The monoisotopic (exact) mass is 388 g/mol. The lowest BCUT2D eigenvalue weighted by Gasteiger charge is -2.30. The number of rotatable bonds is 4. The molecule has 2 aromatic rings. The van der Waals surface area contributed by atoms with Gasteiger partial charge in [0.1, 0.15) is 0 Å². The highest BCUT2D eigenvalue weighted by Crippen LogP contribution is 2.41. The lowest BCUT2D eigenvalue weighted by Crippen LogP contribution is -2.42. The molecule has 0 spiro atoms. The van der Waals surface area contributed by atoms with Crippen LogP contribution < -0.4 is 5.32 Å². The molecule has 0 aromatic carbocycles. The van der Waals surface area contributed by atoms with E-state index in [-0.39, 0.29) is 6.04 Å². The molecule has 2 aromatic heterocycles. The highest BCUT2D eigenvalue weighted by Gasteiger charge is 2.31. The van der Waals surface area contributed by atoms with Crippen molar-refractivity contribution in [2.24, 2.45) is 0 Å². The molecule has 3 aliphatic rings. The van der Waals surface area contributed by atoms with Crippen molar-refractivity contribution in [1.82, 2.24) is 23.8 Å². The second-order valence-electron chi connectivity index (χ2n) is 7.83. The number of hydrogen-bond donors (Lipinski definition) is 1. The summed E-state index contributed by atoms with van der Waals surface area (Å²) < 4.78 is 27.2. The zero-order chi connectivity index (χ0) is 18.6. The first kappa shape index (κ1) is 17.1. The zero-order valence-corrected chi connectivity index (χ0v) is 16.2. The molecular weight excluding hydrogens is 364 g/mol. The van der Waals surface area contributed by atoms with Crippen LogP contribution in [0.2, 0.25) is 0 Å². The van der Waals surface area contributed by atoms with E-state index in [1.165, 1.54) is 24.7 Å². The lowest BCUT2D eigenvalue weighted by atomic mass is 9.98. The van der Waals surface area contributed by atoms with E-state index in [1.807, 2.05) is 12.5 Å². The quantitative estimate of drug-likeness (QED) is 0.855. The third-order valence-corrected chi connectivity index (χ3v) is 7.09. The molecule has 0 amide bonds. The maximum absolute atomic E-state index is 11.7. The van der Waals surface area contributed by atoms with Gasteiger partial charge in [0.2, 0.25) is 16.0 Å². The molecular formula is C18H24N6O2S. The van der Waals surface area contributed by atoms with Crippen LogP contribution in [-0.2, 0) is 22.9 Å². The van der Waals surface area contributed by atoms with Crippen LogP contribution in [0.1, 0.15) is 43.0 Å². The summed E-state index contributed by atoms with van der Waals surface area (Å²) in [5, 5.41) is 3.42. The minimum Gasteiger partial charge on any atom is -0.351 e. The molecule has 0 radical (unpaired) electrons. The number of imidazole rings is 1. The van der Waals surface area contributed by atoms with Gasteiger partial charge in [-0.3, -0.25) is 0 Å². The van der Waals surface area contributed by atoms with Gasteiger partial charge in [-0.2, -0.15) is 0 Å². The smallest absolute Gasteiger partial charge is 0.223 e. The number of nitrogens with zero attached hydrogens (tertiary/aromatic N) is 5. The summed E-state index contributed by atoms with van der Waals surface area (Å²) in [6.07, 6.45) is 11.0. The van der Waals surface area contributed by atoms with E-state index in [0.717, 1.165) is 42.8 Å². The van der Waals surface area contributed by atoms with Gasteiger partial charge < -0.3 is 9.88 Å². The molecule has 144 valence electrons. The summed E-state index contributed by atoms with van der Waals surface area (Å²) in [6.45, 7) is 1.08. The number of nitrogens with one attached hydrogen (secondary N) is 1. The number of anilines is 1. The average Bonchev–Trinajstić information content (AvgIpc) is 3.40. The standard InChI is InChI=1S/C18H24N6O2S/c1-27(25,26)23-8-6-13(7-9-23)21-18-19-10-12-2-5-15-17(16(12)22-18)24(11-20-15)14-3-4-14/h10-11,13-14H,2-9H2,1H3,(H,19,21,22). The summed E-state index contributed by atoms with van der Waals surface area (Å²) in [5.74, 6) is 0.628. The molecule has 0 bridgehead atoms. The lowest BCUT2D eigenvalue weighted by molar-refractivity contribution is 0.331. The molecule has 2 fully saturated rings. The first-order chi connectivity index (χ1) is 13.0. The van der Waals surface area contributed by atoms with Crippen LogP contribution in [0.5, 0.6) is 0 Å². The summed E-state index contributed by atoms with van der Waals surface area (Å²) in [5.41, 5.74) is 4.49. The fourth-order valence-corrected chi connectivity index (χ4v) is 4.98. The van der Waals surface area contributed by atoms with E-state index in [2.05, 4.69) is 19.9 Å². The van der Waals surface area contributed by atoms with Gasteiger partial charge >= 0.3 is 0 Å². The predicted octanol–water partition coefficient (Wildman–Crippen LogP) is 1.61. The molecule has 2 aliphatic carbocycles. The Morgan fingerprint density at radius 2 is 1.89 bits per heavy atom. The Morgan fingerprint density at radius 3 is 2.59 bits per heavy atom. The van der Waals surface area contributed by atoms with Crippen molar-refractivity contribution in [3.05, 3.63) is 23.8 Å². The molecule has 5 rings (SSSR count). The Morgan fingerprint density at radius 1 is 1.11 bits per heavy atom. The Kier molecular flexibility index (Phi) is 3.98. The van der Waals surface area contributed by atoms with Crippen LogP contribution in [0.4, 0.5) is 5.95 Å². The second-order valence-corrected chi connectivity index (χ2v) is 9.81. The minimum absolute atomic E-state index is 0.192. The Balaban J connectivity index is 1.37. The van der Waals surface area contributed by atoms with Crippen molar-refractivity contribution in [3.8, 4) is 11.4 Å². The molecule has 9 heteroatoms. The van der Waals surface area contributed by atoms with Gasteiger partial charge in [-0.1, -0.05) is 0 Å². The highest BCUT2D eigenvalue weighted by atomic mass is 32.2. The van der Waals surface area contributed by atoms with Crippen molar-refractivity contribution in [2.45, 2.75) is 50.6 Å². The second kappa shape index (κ2) is 6.27. The van der Waals surface area contributed by atoms with Crippen LogP contribution in [-0.4, -0.2) is 57.6 Å². The minimum atomic E-state index is -3.10. The summed E-state index contributed by atoms with van der Waals surface area (Å²) in [7, 11) is -3.10. The van der Waals surface area contributed by atoms with Gasteiger partial charge in [-0.25, -0.2) is 27.7 Å². The largest absolute Gasteiger partial charge is 0.351 e. The first-order valence-corrected chi connectivity index (χ1v) is 11.5. The number of aryl methyl sites for hydroxylation is 2. The van der Waals surface area contributed by atoms with Gasteiger partial charge in [0.05, 0.1) is 29.7 Å². The van der Waals surface area contributed by atoms with E-state index in [1.54, 1.807) is 4.31 Å². The molecule has 1 aliphatic heterocycles. The van der Waals surface area contributed by atoms with E-state index in [4.69, 9.17) is 4.98 Å². The third kappa shape index (κ3) is 3.23. The number of fused-ring (bicyclic) bond motifs is 3. The first-order valence-electron chi connectivity index (χ1n) is 9.62. The highest BCUT2D eigenvalue weighted by molar-refractivity contribution is 7.88.